The fourth-order valence-corrected chi connectivity index (χ4v) is 2.03. The Kier molecular flexibility index (Phi) is 4.92. The zero-order valence-electron chi connectivity index (χ0n) is 11.5. The molecular formula is C16H18N2O3. The summed E-state index contributed by atoms with van der Waals surface area (Å²) in [4.78, 5) is 11.2. The summed E-state index contributed by atoms with van der Waals surface area (Å²) in [7, 11) is 0. The first-order chi connectivity index (χ1) is 10.1. The van der Waals surface area contributed by atoms with Crippen LogP contribution in [0.1, 0.15) is 27.6 Å². The van der Waals surface area contributed by atoms with Crippen molar-refractivity contribution in [2.24, 2.45) is 5.73 Å². The highest BCUT2D eigenvalue weighted by Gasteiger charge is 2.13. The van der Waals surface area contributed by atoms with Crippen molar-refractivity contribution in [3.8, 4) is 5.75 Å². The summed E-state index contributed by atoms with van der Waals surface area (Å²) in [6.45, 7) is 0.969. The van der Waals surface area contributed by atoms with Gasteiger partial charge in [-0.05, 0) is 23.3 Å². The normalized spacial score (nSPS) is 12.0. The van der Waals surface area contributed by atoms with E-state index in [0.717, 1.165) is 5.56 Å². The maximum atomic E-state index is 11.2. The van der Waals surface area contributed by atoms with Crippen molar-refractivity contribution < 1.29 is 15.0 Å². The summed E-state index contributed by atoms with van der Waals surface area (Å²) < 4.78 is 0. The number of nitrogens with two attached hydrogens (primary N) is 1. The molecule has 110 valence electrons. The largest absolute Gasteiger partial charge is 0.507 e. The molecule has 0 aliphatic carbocycles. The van der Waals surface area contributed by atoms with Gasteiger partial charge in [-0.15, -0.1) is 0 Å². The lowest BCUT2D eigenvalue weighted by atomic mass is 10.0. The van der Waals surface area contributed by atoms with Crippen LogP contribution in [0.2, 0.25) is 0 Å². The van der Waals surface area contributed by atoms with E-state index in [-0.39, 0.29) is 11.3 Å². The third-order valence-corrected chi connectivity index (χ3v) is 3.18. The van der Waals surface area contributed by atoms with Gasteiger partial charge < -0.3 is 21.3 Å². The Bertz CT molecular complexity index is 614. The first kappa shape index (κ1) is 15.0. The van der Waals surface area contributed by atoms with E-state index >= 15 is 0 Å². The van der Waals surface area contributed by atoms with Gasteiger partial charge in [-0.25, -0.2) is 0 Å². The number of aliphatic hydroxyl groups is 1. The minimum absolute atomic E-state index is 0.00890. The van der Waals surface area contributed by atoms with Crippen LogP contribution in [0.15, 0.2) is 48.5 Å². The topological polar surface area (TPSA) is 95.6 Å². The molecule has 0 spiro atoms. The molecule has 5 heteroatoms. The molecule has 2 aromatic carbocycles. The van der Waals surface area contributed by atoms with Gasteiger partial charge in [0.2, 0.25) is 0 Å². The van der Waals surface area contributed by atoms with Crippen LogP contribution < -0.4 is 11.1 Å². The molecule has 2 aromatic rings. The third-order valence-electron chi connectivity index (χ3n) is 3.18. The number of aliphatic hydroxyl groups excluding tert-OH is 1. The van der Waals surface area contributed by atoms with E-state index in [9.17, 15) is 15.0 Å². The maximum absolute atomic E-state index is 11.2. The van der Waals surface area contributed by atoms with E-state index in [1.54, 1.807) is 6.07 Å². The number of benzene rings is 2. The molecule has 0 bridgehead atoms. The molecular weight excluding hydrogens is 268 g/mol. The zero-order valence-corrected chi connectivity index (χ0v) is 11.5. The summed E-state index contributed by atoms with van der Waals surface area (Å²) in [5.41, 5.74) is 6.82. The molecule has 0 unspecified atom stereocenters. The molecule has 0 radical (unpaired) electrons. The summed E-state index contributed by atoms with van der Waals surface area (Å²) in [6, 6.07) is 14.2. The highest BCUT2D eigenvalue weighted by molar-refractivity contribution is 5.95. The first-order valence-corrected chi connectivity index (χ1v) is 6.63. The molecule has 0 saturated carbocycles. The quantitative estimate of drug-likeness (QED) is 0.644. The van der Waals surface area contributed by atoms with Crippen molar-refractivity contribution in [2.45, 2.75) is 12.6 Å². The molecule has 2 rings (SSSR count). The molecule has 0 heterocycles. The van der Waals surface area contributed by atoms with Gasteiger partial charge in [0.05, 0.1) is 11.7 Å². The molecule has 0 aromatic heterocycles. The van der Waals surface area contributed by atoms with Crippen molar-refractivity contribution in [1.82, 2.24) is 5.32 Å². The van der Waals surface area contributed by atoms with Crippen LogP contribution in [0.25, 0.3) is 0 Å². The number of carbonyl (C=O) groups is 1. The smallest absolute Gasteiger partial charge is 0.252 e. The van der Waals surface area contributed by atoms with Crippen molar-refractivity contribution in [3.63, 3.8) is 0 Å². The van der Waals surface area contributed by atoms with Crippen molar-refractivity contribution in [1.29, 1.82) is 0 Å². The number of phenols is 1. The second kappa shape index (κ2) is 6.88. The van der Waals surface area contributed by atoms with E-state index in [2.05, 4.69) is 5.32 Å². The van der Waals surface area contributed by atoms with Crippen LogP contribution >= 0.6 is 0 Å². The second-order valence-corrected chi connectivity index (χ2v) is 4.77. The molecule has 0 saturated heterocycles. The van der Waals surface area contributed by atoms with Gasteiger partial charge >= 0.3 is 0 Å². The van der Waals surface area contributed by atoms with E-state index in [1.807, 2.05) is 30.3 Å². The fraction of sp³-hybridized carbons (Fsp3) is 0.188. The van der Waals surface area contributed by atoms with Crippen LogP contribution in [-0.4, -0.2) is 22.7 Å². The first-order valence-electron chi connectivity index (χ1n) is 6.63. The Balaban J connectivity index is 1.96. The van der Waals surface area contributed by atoms with Gasteiger partial charge in [0, 0.05) is 13.1 Å². The minimum Gasteiger partial charge on any atom is -0.507 e. The predicted octanol–water partition coefficient (Wildman–Crippen LogP) is 1.31. The number of amides is 1. The SMILES string of the molecule is NC(=O)c1cc([C@@H](O)CNCc2ccccc2)ccc1O. The number of carbonyl (C=O) groups excluding carboxylic acids is 1. The van der Waals surface area contributed by atoms with Crippen LogP contribution in [-0.2, 0) is 6.54 Å². The van der Waals surface area contributed by atoms with Gasteiger partial charge in [0.25, 0.3) is 5.91 Å². The second-order valence-electron chi connectivity index (χ2n) is 4.77. The van der Waals surface area contributed by atoms with Gasteiger partial charge in [-0.3, -0.25) is 4.79 Å². The highest BCUT2D eigenvalue weighted by atomic mass is 16.3. The highest BCUT2D eigenvalue weighted by Crippen LogP contribution is 2.21. The van der Waals surface area contributed by atoms with Gasteiger partial charge in [0.15, 0.2) is 0 Å². The number of nitrogens with one attached hydrogen (secondary N) is 1. The standard InChI is InChI=1S/C16H18N2O3/c17-16(21)13-8-12(6-7-14(13)19)15(20)10-18-9-11-4-2-1-3-5-11/h1-8,15,18-20H,9-10H2,(H2,17,21)/t15-/m0/s1. The van der Waals surface area contributed by atoms with Crippen LogP contribution in [0.4, 0.5) is 0 Å². The zero-order chi connectivity index (χ0) is 15.2. The van der Waals surface area contributed by atoms with Crippen LogP contribution in [0.3, 0.4) is 0 Å². The summed E-state index contributed by atoms with van der Waals surface area (Å²) in [5.74, 6) is -0.908. The number of aromatic hydroxyl groups is 1. The van der Waals surface area contributed by atoms with E-state index < -0.39 is 12.0 Å². The maximum Gasteiger partial charge on any atom is 0.252 e. The molecule has 0 aliphatic heterocycles. The molecule has 5 N–H and O–H groups in total. The molecule has 0 aliphatic rings. The van der Waals surface area contributed by atoms with E-state index in [0.29, 0.717) is 18.7 Å². The molecule has 1 amide bonds. The van der Waals surface area contributed by atoms with Crippen LogP contribution in [0.5, 0.6) is 5.75 Å². The Hall–Kier alpha value is -2.37. The number of hydrogen-bond acceptors (Lipinski definition) is 4. The average molecular weight is 286 g/mol. The number of hydrogen-bond donors (Lipinski definition) is 4. The fourth-order valence-electron chi connectivity index (χ4n) is 2.03. The number of primary amides is 1. The predicted molar refractivity (Wildman–Crippen MR) is 79.7 cm³/mol. The Morgan fingerprint density at radius 3 is 2.57 bits per heavy atom. The van der Waals surface area contributed by atoms with Crippen molar-refractivity contribution in [3.05, 3.63) is 65.2 Å². The summed E-state index contributed by atoms with van der Waals surface area (Å²) in [5, 5.41) is 22.7. The van der Waals surface area contributed by atoms with Gasteiger partial charge in [-0.2, -0.15) is 0 Å². The van der Waals surface area contributed by atoms with E-state index in [4.69, 9.17) is 5.73 Å². The Morgan fingerprint density at radius 1 is 1.19 bits per heavy atom. The molecule has 5 nitrogen and oxygen atoms in total. The molecule has 0 fully saturated rings. The molecule has 21 heavy (non-hydrogen) atoms. The lowest BCUT2D eigenvalue weighted by Gasteiger charge is -2.13. The average Bonchev–Trinajstić information content (AvgIpc) is 2.48. The summed E-state index contributed by atoms with van der Waals surface area (Å²) in [6.07, 6.45) is -0.785. The Labute approximate surface area is 123 Å². The third kappa shape index (κ3) is 4.05. The monoisotopic (exact) mass is 286 g/mol. The number of rotatable bonds is 6. The van der Waals surface area contributed by atoms with Gasteiger partial charge in [-0.1, -0.05) is 36.4 Å². The van der Waals surface area contributed by atoms with E-state index in [1.165, 1.54) is 12.1 Å². The summed E-state index contributed by atoms with van der Waals surface area (Å²) >= 11 is 0. The van der Waals surface area contributed by atoms with Crippen molar-refractivity contribution >= 4 is 5.91 Å². The van der Waals surface area contributed by atoms with Crippen LogP contribution in [0, 0.1) is 0 Å². The lowest BCUT2D eigenvalue weighted by molar-refractivity contribution is 0.0997. The lowest BCUT2D eigenvalue weighted by Crippen LogP contribution is -2.21. The van der Waals surface area contributed by atoms with Gasteiger partial charge in [0.1, 0.15) is 5.75 Å². The Morgan fingerprint density at radius 2 is 1.90 bits per heavy atom. The molecule has 1 atom stereocenters. The minimum atomic E-state index is -0.785. The van der Waals surface area contributed by atoms with Crippen molar-refractivity contribution in [2.75, 3.05) is 6.54 Å².